The molecule has 6 nitrogen and oxygen atoms in total. The molecule has 2 aliphatic rings. The predicted molar refractivity (Wildman–Crippen MR) is 68.5 cm³/mol. The van der Waals surface area contributed by atoms with Gasteiger partial charge in [0.05, 0.1) is 24.9 Å². The summed E-state index contributed by atoms with van der Waals surface area (Å²) in [5.41, 5.74) is 5.22. The van der Waals surface area contributed by atoms with E-state index in [4.69, 9.17) is 15.2 Å². The van der Waals surface area contributed by atoms with E-state index in [0.717, 1.165) is 13.1 Å². The highest BCUT2D eigenvalue weighted by atomic mass is 16.5. The zero-order valence-corrected chi connectivity index (χ0v) is 11.0. The van der Waals surface area contributed by atoms with Gasteiger partial charge in [-0.25, -0.2) is 0 Å². The molecule has 0 saturated carbocycles. The fourth-order valence-electron chi connectivity index (χ4n) is 2.26. The van der Waals surface area contributed by atoms with Crippen LogP contribution >= 0.6 is 0 Å². The van der Waals surface area contributed by atoms with E-state index in [9.17, 15) is 5.11 Å². The summed E-state index contributed by atoms with van der Waals surface area (Å²) in [6, 6.07) is 0. The first-order valence-corrected chi connectivity index (χ1v) is 6.56. The van der Waals surface area contributed by atoms with Crippen LogP contribution in [0.4, 0.5) is 0 Å². The molecule has 2 heterocycles. The number of nitrogens with two attached hydrogens (primary N) is 1. The number of hydrogen-bond acceptors (Lipinski definition) is 4. The number of rotatable bonds is 2. The third-order valence-corrected chi connectivity index (χ3v) is 3.52. The number of hydrogen-bond donors (Lipinski definition) is 2. The zero-order chi connectivity index (χ0) is 13.0. The molecule has 18 heavy (non-hydrogen) atoms. The summed E-state index contributed by atoms with van der Waals surface area (Å²) in [5.74, 6) is 0.505. The van der Waals surface area contributed by atoms with Gasteiger partial charge in [-0.15, -0.1) is 0 Å². The quantitative estimate of drug-likeness (QED) is 0.518. The number of morpholine rings is 1. The van der Waals surface area contributed by atoms with Crippen LogP contribution in [0.15, 0.2) is 4.99 Å². The maximum absolute atomic E-state index is 10.3. The second kappa shape index (κ2) is 5.86. The van der Waals surface area contributed by atoms with E-state index >= 15 is 0 Å². The second-order valence-electron chi connectivity index (χ2n) is 5.14. The summed E-state index contributed by atoms with van der Waals surface area (Å²) >= 11 is 0. The Bertz CT molecular complexity index is 303. The van der Waals surface area contributed by atoms with Crippen molar-refractivity contribution in [2.45, 2.75) is 31.5 Å². The Kier molecular flexibility index (Phi) is 4.42. The predicted octanol–water partition coefficient (Wildman–Crippen LogP) is -0.437. The van der Waals surface area contributed by atoms with Gasteiger partial charge in [-0.2, -0.15) is 0 Å². The van der Waals surface area contributed by atoms with Crippen molar-refractivity contribution in [1.29, 1.82) is 0 Å². The first kappa shape index (κ1) is 13.6. The van der Waals surface area contributed by atoms with Gasteiger partial charge in [0.25, 0.3) is 0 Å². The van der Waals surface area contributed by atoms with E-state index in [1.165, 1.54) is 0 Å². The molecule has 0 radical (unpaired) electrons. The fourth-order valence-corrected chi connectivity index (χ4v) is 2.26. The molecule has 0 aromatic carbocycles. The molecule has 104 valence electrons. The minimum absolute atomic E-state index is 0.179. The van der Waals surface area contributed by atoms with Gasteiger partial charge in [0.2, 0.25) is 0 Å². The highest BCUT2D eigenvalue weighted by molar-refractivity contribution is 5.78. The molecule has 0 bridgehead atoms. The lowest BCUT2D eigenvalue weighted by Crippen LogP contribution is -2.48. The van der Waals surface area contributed by atoms with Crippen LogP contribution in [0, 0.1) is 0 Å². The number of ether oxygens (including phenoxy) is 2. The minimum Gasteiger partial charge on any atom is -0.388 e. The molecule has 1 atom stereocenters. The lowest BCUT2D eigenvalue weighted by Gasteiger charge is -2.33. The summed E-state index contributed by atoms with van der Waals surface area (Å²) in [6.07, 6.45) is 1.44. The lowest BCUT2D eigenvalue weighted by molar-refractivity contribution is -0.0567. The van der Waals surface area contributed by atoms with Crippen LogP contribution in [-0.4, -0.2) is 67.1 Å². The standard InChI is InChI=1S/C12H23N3O3/c1-10-8-15(4-7-18-10)11(13)14-9-12(16)2-5-17-6-3-12/h10,16H,2-9H2,1H3,(H2,13,14). The Morgan fingerprint density at radius 1 is 1.44 bits per heavy atom. The maximum Gasteiger partial charge on any atom is 0.191 e. The van der Waals surface area contributed by atoms with Crippen molar-refractivity contribution in [3.63, 3.8) is 0 Å². The van der Waals surface area contributed by atoms with Gasteiger partial charge in [-0.1, -0.05) is 0 Å². The number of aliphatic imine (C=N–C) groups is 1. The topological polar surface area (TPSA) is 80.3 Å². The number of aliphatic hydroxyl groups is 1. The normalized spacial score (nSPS) is 29.3. The zero-order valence-electron chi connectivity index (χ0n) is 11.0. The molecule has 0 aromatic rings. The van der Waals surface area contributed by atoms with Crippen molar-refractivity contribution in [1.82, 2.24) is 4.90 Å². The Labute approximate surface area is 108 Å². The molecular weight excluding hydrogens is 234 g/mol. The average Bonchev–Trinajstić information content (AvgIpc) is 2.37. The lowest BCUT2D eigenvalue weighted by atomic mass is 9.95. The largest absolute Gasteiger partial charge is 0.388 e. The van der Waals surface area contributed by atoms with Crippen LogP contribution in [0.3, 0.4) is 0 Å². The molecule has 3 N–H and O–H groups in total. The van der Waals surface area contributed by atoms with Crippen molar-refractivity contribution in [3.05, 3.63) is 0 Å². The van der Waals surface area contributed by atoms with Crippen molar-refractivity contribution < 1.29 is 14.6 Å². The van der Waals surface area contributed by atoms with Gasteiger partial charge in [0, 0.05) is 39.1 Å². The van der Waals surface area contributed by atoms with E-state index < -0.39 is 5.60 Å². The minimum atomic E-state index is -0.749. The Balaban J connectivity index is 1.87. The van der Waals surface area contributed by atoms with E-state index in [1.807, 2.05) is 11.8 Å². The molecule has 0 aromatic heterocycles. The monoisotopic (exact) mass is 257 g/mol. The molecule has 2 aliphatic heterocycles. The van der Waals surface area contributed by atoms with E-state index in [1.54, 1.807) is 0 Å². The number of nitrogens with zero attached hydrogens (tertiary/aromatic N) is 2. The van der Waals surface area contributed by atoms with Gasteiger partial charge in [-0.3, -0.25) is 4.99 Å². The smallest absolute Gasteiger partial charge is 0.191 e. The SMILES string of the molecule is CC1CN(C(N)=NCC2(O)CCOCC2)CCO1. The molecule has 1 unspecified atom stereocenters. The maximum atomic E-state index is 10.3. The summed E-state index contributed by atoms with van der Waals surface area (Å²) in [6.45, 7) is 5.77. The summed E-state index contributed by atoms with van der Waals surface area (Å²) < 4.78 is 10.7. The van der Waals surface area contributed by atoms with Crippen LogP contribution in [0.25, 0.3) is 0 Å². The Morgan fingerprint density at radius 3 is 2.83 bits per heavy atom. The second-order valence-corrected chi connectivity index (χ2v) is 5.14. The van der Waals surface area contributed by atoms with Gasteiger partial charge in [0.15, 0.2) is 5.96 Å². The van der Waals surface area contributed by atoms with Crippen LogP contribution in [0.5, 0.6) is 0 Å². The highest BCUT2D eigenvalue weighted by Crippen LogP contribution is 2.20. The van der Waals surface area contributed by atoms with Crippen LogP contribution < -0.4 is 5.73 Å². The Hall–Kier alpha value is -0.850. The first-order valence-electron chi connectivity index (χ1n) is 6.56. The van der Waals surface area contributed by atoms with Gasteiger partial charge < -0.3 is 25.2 Å². The molecule has 0 amide bonds. The van der Waals surface area contributed by atoms with Crippen LogP contribution in [0.1, 0.15) is 19.8 Å². The van der Waals surface area contributed by atoms with Crippen molar-refractivity contribution in [3.8, 4) is 0 Å². The van der Waals surface area contributed by atoms with E-state index in [-0.39, 0.29) is 6.10 Å². The average molecular weight is 257 g/mol. The first-order chi connectivity index (χ1) is 8.59. The molecule has 0 spiro atoms. The van der Waals surface area contributed by atoms with Crippen molar-refractivity contribution in [2.24, 2.45) is 10.7 Å². The van der Waals surface area contributed by atoms with Crippen LogP contribution in [0.2, 0.25) is 0 Å². The molecular formula is C12H23N3O3. The summed E-state index contributed by atoms with van der Waals surface area (Å²) in [7, 11) is 0. The van der Waals surface area contributed by atoms with Gasteiger partial charge >= 0.3 is 0 Å². The van der Waals surface area contributed by atoms with E-state index in [2.05, 4.69) is 4.99 Å². The molecule has 6 heteroatoms. The third kappa shape index (κ3) is 3.57. The molecule has 2 saturated heterocycles. The number of guanidine groups is 1. The third-order valence-electron chi connectivity index (χ3n) is 3.52. The molecule has 2 fully saturated rings. The molecule has 2 rings (SSSR count). The fraction of sp³-hybridized carbons (Fsp3) is 0.917. The van der Waals surface area contributed by atoms with Gasteiger partial charge in [0.1, 0.15) is 0 Å². The summed E-state index contributed by atoms with van der Waals surface area (Å²) in [5, 5.41) is 10.3. The van der Waals surface area contributed by atoms with E-state index in [0.29, 0.717) is 45.2 Å². The Morgan fingerprint density at radius 2 is 2.17 bits per heavy atom. The highest BCUT2D eigenvalue weighted by Gasteiger charge is 2.30. The van der Waals surface area contributed by atoms with Crippen LogP contribution in [-0.2, 0) is 9.47 Å². The van der Waals surface area contributed by atoms with Gasteiger partial charge in [-0.05, 0) is 6.92 Å². The van der Waals surface area contributed by atoms with Crippen molar-refractivity contribution in [2.75, 3.05) is 39.5 Å². The molecule has 0 aliphatic carbocycles. The summed E-state index contributed by atoms with van der Waals surface area (Å²) in [4.78, 5) is 6.35. The van der Waals surface area contributed by atoms with Crippen molar-refractivity contribution >= 4 is 5.96 Å².